The van der Waals surface area contributed by atoms with Crippen LogP contribution in [0.4, 0.5) is 0 Å². The fourth-order valence-electron chi connectivity index (χ4n) is 3.20. The fourth-order valence-corrected chi connectivity index (χ4v) is 3.20. The van der Waals surface area contributed by atoms with Gasteiger partial charge in [0.25, 0.3) is 11.5 Å². The molecule has 1 aliphatic carbocycles. The first-order valence-electron chi connectivity index (χ1n) is 8.77. The zero-order chi connectivity index (χ0) is 16.8. The predicted molar refractivity (Wildman–Crippen MR) is 92.1 cm³/mol. The number of carbonyl (C=O) groups is 1. The average molecular weight is 328 g/mol. The van der Waals surface area contributed by atoms with Crippen LogP contribution in [0.3, 0.4) is 0 Å². The molecule has 0 radical (unpaired) electrons. The molecule has 1 aliphatic rings. The van der Waals surface area contributed by atoms with Gasteiger partial charge in [-0.05, 0) is 31.0 Å². The molecule has 0 aliphatic heterocycles. The zero-order valence-electron chi connectivity index (χ0n) is 13.9. The van der Waals surface area contributed by atoms with Crippen molar-refractivity contribution >= 4 is 5.91 Å². The predicted octanol–water partition coefficient (Wildman–Crippen LogP) is 3.33. The summed E-state index contributed by atoms with van der Waals surface area (Å²) in [5, 5.41) is 3.09. The number of aromatic nitrogens is 1. The van der Waals surface area contributed by atoms with Gasteiger partial charge in [-0.15, -0.1) is 0 Å². The number of rotatable bonds is 4. The molecular weight excluding hydrogens is 304 g/mol. The van der Waals surface area contributed by atoms with Crippen LogP contribution < -0.4 is 10.9 Å². The number of hydrogen-bond acceptors (Lipinski definition) is 3. The molecule has 1 N–H and O–H groups in total. The van der Waals surface area contributed by atoms with Crippen LogP contribution >= 0.6 is 0 Å². The SMILES string of the molecule is O=C(NC1CCCCCCC1)c1ccc(Cn2ccccc2=O)o1. The molecule has 1 fully saturated rings. The summed E-state index contributed by atoms with van der Waals surface area (Å²) in [5.41, 5.74) is -0.0885. The monoisotopic (exact) mass is 328 g/mol. The number of hydrogen-bond donors (Lipinski definition) is 1. The third-order valence-electron chi connectivity index (χ3n) is 4.55. The Morgan fingerprint density at radius 3 is 2.58 bits per heavy atom. The van der Waals surface area contributed by atoms with Crippen LogP contribution in [0, 0.1) is 0 Å². The maximum absolute atomic E-state index is 12.4. The molecular formula is C19H24N2O3. The first-order chi connectivity index (χ1) is 11.7. The van der Waals surface area contributed by atoms with E-state index >= 15 is 0 Å². The molecule has 2 aromatic heterocycles. The molecule has 0 spiro atoms. The van der Waals surface area contributed by atoms with Gasteiger partial charge in [0.2, 0.25) is 0 Å². The van der Waals surface area contributed by atoms with Crippen molar-refractivity contribution in [2.45, 2.75) is 57.5 Å². The van der Waals surface area contributed by atoms with Crippen molar-refractivity contribution in [1.29, 1.82) is 0 Å². The van der Waals surface area contributed by atoms with Crippen LogP contribution in [0.25, 0.3) is 0 Å². The van der Waals surface area contributed by atoms with Gasteiger partial charge in [0.05, 0.1) is 6.54 Å². The molecule has 2 heterocycles. The second-order valence-corrected chi connectivity index (χ2v) is 6.45. The number of amides is 1. The molecule has 3 rings (SSSR count). The summed E-state index contributed by atoms with van der Waals surface area (Å²) in [5.74, 6) is 0.759. The van der Waals surface area contributed by atoms with Crippen LogP contribution in [-0.2, 0) is 6.54 Å². The lowest BCUT2D eigenvalue weighted by atomic mass is 9.97. The van der Waals surface area contributed by atoms with Gasteiger partial charge in [-0.3, -0.25) is 9.59 Å². The van der Waals surface area contributed by atoms with E-state index in [1.54, 1.807) is 35.0 Å². The summed E-state index contributed by atoms with van der Waals surface area (Å²) in [4.78, 5) is 24.1. The quantitative estimate of drug-likeness (QED) is 0.936. The standard InChI is InChI=1S/C19H24N2O3/c22-18-10-6-7-13-21(18)14-16-11-12-17(24-16)19(23)20-15-8-4-2-1-3-5-9-15/h6-7,10-13,15H,1-5,8-9,14H2,(H,20,23). The van der Waals surface area contributed by atoms with Crippen LogP contribution in [0.2, 0.25) is 0 Å². The Labute approximate surface area is 141 Å². The van der Waals surface area contributed by atoms with E-state index in [1.807, 2.05) is 0 Å². The summed E-state index contributed by atoms with van der Waals surface area (Å²) in [7, 11) is 0. The van der Waals surface area contributed by atoms with Crippen molar-refractivity contribution in [3.63, 3.8) is 0 Å². The highest BCUT2D eigenvalue weighted by Crippen LogP contribution is 2.18. The highest BCUT2D eigenvalue weighted by atomic mass is 16.4. The van der Waals surface area contributed by atoms with E-state index in [-0.39, 0.29) is 17.5 Å². The van der Waals surface area contributed by atoms with Crippen molar-refractivity contribution in [2.75, 3.05) is 0 Å². The van der Waals surface area contributed by atoms with E-state index < -0.39 is 0 Å². The van der Waals surface area contributed by atoms with Crippen LogP contribution in [0.1, 0.15) is 61.3 Å². The largest absolute Gasteiger partial charge is 0.454 e. The minimum atomic E-state index is -0.160. The Balaban J connectivity index is 1.61. The highest BCUT2D eigenvalue weighted by molar-refractivity contribution is 5.91. The van der Waals surface area contributed by atoms with E-state index in [2.05, 4.69) is 5.32 Å². The highest BCUT2D eigenvalue weighted by Gasteiger charge is 2.17. The molecule has 1 amide bonds. The lowest BCUT2D eigenvalue weighted by Gasteiger charge is -2.20. The van der Waals surface area contributed by atoms with E-state index in [1.165, 1.54) is 38.2 Å². The smallest absolute Gasteiger partial charge is 0.287 e. The van der Waals surface area contributed by atoms with E-state index in [4.69, 9.17) is 4.42 Å². The van der Waals surface area contributed by atoms with Crippen LogP contribution in [0.15, 0.2) is 45.7 Å². The molecule has 0 bridgehead atoms. The summed E-state index contributed by atoms with van der Waals surface area (Å²) < 4.78 is 7.18. The minimum absolute atomic E-state index is 0.0885. The van der Waals surface area contributed by atoms with Crippen molar-refractivity contribution in [3.8, 4) is 0 Å². The Hall–Kier alpha value is -2.30. The second kappa shape index (κ2) is 7.99. The molecule has 128 valence electrons. The van der Waals surface area contributed by atoms with Gasteiger partial charge in [0.15, 0.2) is 5.76 Å². The van der Waals surface area contributed by atoms with Gasteiger partial charge in [-0.1, -0.05) is 38.2 Å². The third kappa shape index (κ3) is 4.37. The van der Waals surface area contributed by atoms with Gasteiger partial charge in [0, 0.05) is 18.3 Å². The summed E-state index contributed by atoms with van der Waals surface area (Å²) in [6.45, 7) is 0.330. The summed E-state index contributed by atoms with van der Waals surface area (Å²) >= 11 is 0. The molecule has 0 saturated heterocycles. The molecule has 0 unspecified atom stereocenters. The Bertz CT molecular complexity index is 724. The lowest BCUT2D eigenvalue weighted by Crippen LogP contribution is -2.35. The normalized spacial score (nSPS) is 16.3. The van der Waals surface area contributed by atoms with Crippen molar-refractivity contribution in [3.05, 3.63) is 58.4 Å². The van der Waals surface area contributed by atoms with Gasteiger partial charge < -0.3 is 14.3 Å². The van der Waals surface area contributed by atoms with E-state index in [0.717, 1.165) is 12.8 Å². The Morgan fingerprint density at radius 1 is 1.08 bits per heavy atom. The van der Waals surface area contributed by atoms with Gasteiger partial charge in [0.1, 0.15) is 5.76 Å². The maximum Gasteiger partial charge on any atom is 0.287 e. The van der Waals surface area contributed by atoms with Gasteiger partial charge >= 0.3 is 0 Å². The number of pyridine rings is 1. The summed E-state index contributed by atoms with van der Waals surface area (Å²) in [6, 6.07) is 8.68. The Morgan fingerprint density at radius 2 is 1.83 bits per heavy atom. The number of nitrogens with one attached hydrogen (secondary N) is 1. The molecule has 24 heavy (non-hydrogen) atoms. The third-order valence-corrected chi connectivity index (χ3v) is 4.55. The summed E-state index contributed by atoms with van der Waals surface area (Å²) in [6.07, 6.45) is 9.94. The average Bonchev–Trinajstić information content (AvgIpc) is 3.01. The molecule has 5 nitrogen and oxygen atoms in total. The molecule has 5 heteroatoms. The molecule has 1 saturated carbocycles. The van der Waals surface area contributed by atoms with E-state index in [0.29, 0.717) is 18.1 Å². The zero-order valence-corrected chi connectivity index (χ0v) is 13.9. The van der Waals surface area contributed by atoms with Crippen LogP contribution in [0.5, 0.6) is 0 Å². The van der Waals surface area contributed by atoms with Crippen molar-refractivity contribution in [2.24, 2.45) is 0 Å². The second-order valence-electron chi connectivity index (χ2n) is 6.45. The minimum Gasteiger partial charge on any atom is -0.454 e. The Kier molecular flexibility index (Phi) is 5.51. The number of furan rings is 1. The van der Waals surface area contributed by atoms with E-state index in [9.17, 15) is 9.59 Å². The lowest BCUT2D eigenvalue weighted by molar-refractivity contribution is 0.0900. The molecule has 0 aromatic carbocycles. The first kappa shape index (κ1) is 16.6. The van der Waals surface area contributed by atoms with Crippen molar-refractivity contribution in [1.82, 2.24) is 9.88 Å². The van der Waals surface area contributed by atoms with Crippen LogP contribution in [-0.4, -0.2) is 16.5 Å². The topological polar surface area (TPSA) is 64.2 Å². The molecule has 0 atom stereocenters. The molecule has 2 aromatic rings. The first-order valence-corrected chi connectivity index (χ1v) is 8.77. The van der Waals surface area contributed by atoms with Gasteiger partial charge in [-0.25, -0.2) is 0 Å². The van der Waals surface area contributed by atoms with Gasteiger partial charge in [-0.2, -0.15) is 0 Å². The number of carbonyl (C=O) groups excluding carboxylic acids is 1. The maximum atomic E-state index is 12.4. The fraction of sp³-hybridized carbons (Fsp3) is 0.474. The number of nitrogens with zero attached hydrogens (tertiary/aromatic N) is 1. The van der Waals surface area contributed by atoms with Crippen molar-refractivity contribution < 1.29 is 9.21 Å².